The van der Waals surface area contributed by atoms with Crippen LogP contribution < -0.4 is 15.0 Å². The van der Waals surface area contributed by atoms with Gasteiger partial charge in [-0.05, 0) is 6.54 Å². The van der Waals surface area contributed by atoms with Crippen LogP contribution in [0.5, 0.6) is 5.88 Å². The van der Waals surface area contributed by atoms with Crippen LogP contribution in [-0.2, 0) is 4.74 Å². The van der Waals surface area contributed by atoms with Crippen LogP contribution in [0.4, 0.5) is 5.82 Å². The van der Waals surface area contributed by atoms with Crippen molar-refractivity contribution in [1.82, 2.24) is 14.1 Å². The van der Waals surface area contributed by atoms with E-state index in [0.29, 0.717) is 26.3 Å². The molecule has 1 aliphatic heterocycles. The van der Waals surface area contributed by atoms with E-state index >= 15 is 0 Å². The Hall–Kier alpha value is -0.960. The SMILES string of the molecule is [2H]C([2H])(NCC)C([2H])(O)C([2H])([2H])Oc1nsnc1N1CCOCC1. The van der Waals surface area contributed by atoms with Gasteiger partial charge in [0, 0.05) is 22.3 Å². The van der Waals surface area contributed by atoms with Crippen molar-refractivity contribution in [2.24, 2.45) is 0 Å². The van der Waals surface area contributed by atoms with E-state index in [2.05, 4.69) is 14.1 Å². The first-order chi connectivity index (χ1) is 11.1. The maximum Gasteiger partial charge on any atom is 0.270 e. The Morgan fingerprint density at radius 2 is 2.42 bits per heavy atom. The summed E-state index contributed by atoms with van der Waals surface area (Å²) in [5, 5.41) is 12.4. The first kappa shape index (κ1) is 9.06. The maximum absolute atomic E-state index is 10.2. The highest BCUT2D eigenvalue weighted by Crippen LogP contribution is 2.26. The molecule has 1 fully saturated rings. The molecule has 8 heteroatoms. The maximum atomic E-state index is 10.2. The number of ether oxygens (including phenoxy) is 2. The molecule has 1 saturated heterocycles. The van der Waals surface area contributed by atoms with Crippen LogP contribution in [0.2, 0.25) is 0 Å². The van der Waals surface area contributed by atoms with Crippen LogP contribution in [0.3, 0.4) is 0 Å². The van der Waals surface area contributed by atoms with Gasteiger partial charge in [0.15, 0.2) is 0 Å². The van der Waals surface area contributed by atoms with Crippen molar-refractivity contribution in [3.63, 3.8) is 0 Å². The van der Waals surface area contributed by atoms with Gasteiger partial charge >= 0.3 is 0 Å². The zero-order valence-electron chi connectivity index (χ0n) is 15.5. The minimum atomic E-state index is -3.22. The summed E-state index contributed by atoms with van der Waals surface area (Å²) >= 11 is 0.803. The number of aliphatic hydroxyl groups is 1. The highest BCUT2D eigenvalue weighted by atomic mass is 32.1. The Kier molecular flexibility index (Phi) is 3.62. The molecule has 7 nitrogen and oxygen atoms in total. The van der Waals surface area contributed by atoms with E-state index in [1.54, 1.807) is 11.8 Å². The van der Waals surface area contributed by atoms with E-state index in [4.69, 9.17) is 16.3 Å². The van der Waals surface area contributed by atoms with Gasteiger partial charge in [0.2, 0.25) is 5.82 Å². The molecule has 0 saturated carbocycles. The minimum Gasteiger partial charge on any atom is -0.472 e. The summed E-state index contributed by atoms with van der Waals surface area (Å²) in [6, 6.07) is 0. The van der Waals surface area contributed by atoms with Gasteiger partial charge in [-0.3, -0.25) is 0 Å². The largest absolute Gasteiger partial charge is 0.472 e. The third-order valence-electron chi connectivity index (χ3n) is 2.38. The van der Waals surface area contributed by atoms with E-state index in [9.17, 15) is 5.11 Å². The summed E-state index contributed by atoms with van der Waals surface area (Å²) < 4.78 is 57.2. The van der Waals surface area contributed by atoms with Crippen LogP contribution in [-0.4, -0.2) is 65.8 Å². The molecule has 0 aliphatic carbocycles. The number of nitrogens with zero attached hydrogens (tertiary/aromatic N) is 3. The lowest BCUT2D eigenvalue weighted by Crippen LogP contribution is -2.37. The van der Waals surface area contributed by atoms with Crippen LogP contribution in [0, 0.1) is 0 Å². The smallest absolute Gasteiger partial charge is 0.270 e. The summed E-state index contributed by atoms with van der Waals surface area (Å²) in [7, 11) is 0. The molecule has 1 aliphatic rings. The van der Waals surface area contributed by atoms with Crippen molar-refractivity contribution >= 4 is 17.5 Å². The van der Waals surface area contributed by atoms with Crippen molar-refractivity contribution in [1.29, 1.82) is 0 Å². The van der Waals surface area contributed by atoms with Crippen molar-refractivity contribution < 1.29 is 21.4 Å². The van der Waals surface area contributed by atoms with Crippen LogP contribution in [0.15, 0.2) is 0 Å². The zero-order chi connectivity index (χ0) is 18.0. The standard InChI is InChI=1S/C11H20N4O3S/c1-2-12-7-9(16)8-18-11-10(13-19-14-11)15-3-5-17-6-4-15/h9,12,16H,2-8H2,1H3/i7D2,8D2,9D. The van der Waals surface area contributed by atoms with Gasteiger partial charge in [-0.2, -0.15) is 4.37 Å². The molecule has 1 aromatic heterocycles. The van der Waals surface area contributed by atoms with Gasteiger partial charge in [-0.1, -0.05) is 6.92 Å². The molecule has 19 heavy (non-hydrogen) atoms. The Morgan fingerprint density at radius 1 is 1.63 bits per heavy atom. The van der Waals surface area contributed by atoms with Gasteiger partial charge in [0.25, 0.3) is 5.88 Å². The molecular formula is C11H20N4O3S. The van der Waals surface area contributed by atoms with E-state index < -0.39 is 19.1 Å². The lowest BCUT2D eigenvalue weighted by atomic mass is 10.4. The average molecular weight is 293 g/mol. The molecule has 0 aromatic carbocycles. The predicted octanol–water partition coefficient (Wildman–Crippen LogP) is -0.276. The molecule has 1 atom stereocenters. The molecular weight excluding hydrogens is 268 g/mol. The fraction of sp³-hybridized carbons (Fsp3) is 0.818. The van der Waals surface area contributed by atoms with Gasteiger partial charge in [0.1, 0.15) is 12.6 Å². The first-order valence-corrected chi connectivity index (χ1v) is 6.67. The zero-order valence-corrected chi connectivity index (χ0v) is 11.4. The fourth-order valence-corrected chi connectivity index (χ4v) is 2.01. The van der Waals surface area contributed by atoms with Crippen molar-refractivity contribution in [3.05, 3.63) is 0 Å². The first-order valence-electron chi connectivity index (χ1n) is 8.44. The third-order valence-corrected chi connectivity index (χ3v) is 2.88. The number of anilines is 1. The van der Waals surface area contributed by atoms with E-state index in [1.165, 1.54) is 0 Å². The summed E-state index contributed by atoms with van der Waals surface area (Å²) in [6.07, 6.45) is -3.22. The van der Waals surface area contributed by atoms with Crippen molar-refractivity contribution in [3.8, 4) is 5.88 Å². The lowest BCUT2D eigenvalue weighted by Gasteiger charge is -2.26. The lowest BCUT2D eigenvalue weighted by molar-refractivity contribution is 0.104. The molecule has 0 amide bonds. The Balaban J connectivity index is 2.21. The summed E-state index contributed by atoms with van der Waals surface area (Å²) in [5.41, 5.74) is 0. The minimum absolute atomic E-state index is 0.0988. The number of aromatic nitrogens is 2. The number of hydrogen-bond donors (Lipinski definition) is 2. The second kappa shape index (κ2) is 7.59. The van der Waals surface area contributed by atoms with Crippen LogP contribution in [0.25, 0.3) is 0 Å². The number of morpholine rings is 1. The monoisotopic (exact) mass is 293 g/mol. The summed E-state index contributed by atoms with van der Waals surface area (Å²) in [6.45, 7) is -2.14. The molecule has 2 heterocycles. The quantitative estimate of drug-likeness (QED) is 0.716. The topological polar surface area (TPSA) is 79.7 Å². The van der Waals surface area contributed by atoms with E-state index in [0.717, 1.165) is 11.7 Å². The van der Waals surface area contributed by atoms with Gasteiger partial charge in [0.05, 0.1) is 29.1 Å². The number of likely N-dealkylation sites (N-methyl/N-ethyl adjacent to an activating group) is 1. The molecule has 1 aromatic rings. The second-order valence-corrected chi connectivity index (χ2v) is 4.23. The van der Waals surface area contributed by atoms with E-state index in [-0.39, 0.29) is 18.2 Å². The van der Waals surface area contributed by atoms with Gasteiger partial charge < -0.3 is 24.8 Å². The fourth-order valence-electron chi connectivity index (χ4n) is 1.50. The number of rotatable bonds is 7. The molecule has 2 N–H and O–H groups in total. The molecule has 0 radical (unpaired) electrons. The predicted molar refractivity (Wildman–Crippen MR) is 73.0 cm³/mol. The number of hydrogen-bond acceptors (Lipinski definition) is 8. The third kappa shape index (κ3) is 4.27. The van der Waals surface area contributed by atoms with Crippen LogP contribution >= 0.6 is 11.7 Å². The molecule has 108 valence electrons. The van der Waals surface area contributed by atoms with Gasteiger partial charge in [-0.25, -0.2) is 0 Å². The molecule has 0 spiro atoms. The normalized spacial score (nSPS) is 24.5. The summed E-state index contributed by atoms with van der Waals surface area (Å²) in [4.78, 5) is 1.79. The highest BCUT2D eigenvalue weighted by molar-refractivity contribution is 6.99. The molecule has 2 rings (SSSR count). The average Bonchev–Trinajstić information content (AvgIpc) is 2.95. The van der Waals surface area contributed by atoms with Crippen molar-refractivity contribution in [2.75, 3.05) is 50.8 Å². The summed E-state index contributed by atoms with van der Waals surface area (Å²) in [5.74, 6) is 0.0943. The van der Waals surface area contributed by atoms with Crippen LogP contribution in [0.1, 0.15) is 13.8 Å². The Labute approximate surface area is 123 Å². The highest BCUT2D eigenvalue weighted by Gasteiger charge is 2.20. The van der Waals surface area contributed by atoms with E-state index in [1.807, 2.05) is 0 Å². The van der Waals surface area contributed by atoms with Gasteiger partial charge in [-0.15, -0.1) is 4.37 Å². The molecule has 0 bridgehead atoms. The molecule has 1 unspecified atom stereocenters. The Morgan fingerprint density at radius 3 is 3.16 bits per heavy atom. The van der Waals surface area contributed by atoms with Crippen molar-refractivity contribution in [2.45, 2.75) is 13.0 Å². The second-order valence-electron chi connectivity index (χ2n) is 3.70. The number of nitrogens with one attached hydrogen (secondary N) is 1. The Bertz CT molecular complexity index is 554.